The second-order valence-corrected chi connectivity index (χ2v) is 2.74. The minimum absolute atomic E-state index is 0.279. The first-order valence-electron chi connectivity index (χ1n) is 4.53. The zero-order valence-corrected chi connectivity index (χ0v) is 8.50. The third kappa shape index (κ3) is 6.28. The first-order valence-corrected chi connectivity index (χ1v) is 4.53. The zero-order chi connectivity index (χ0) is 10.3. The van der Waals surface area contributed by atoms with Crippen molar-refractivity contribution >= 4 is 11.9 Å². The molecule has 0 bridgehead atoms. The summed E-state index contributed by atoms with van der Waals surface area (Å²) in [4.78, 5) is 23.4. The van der Waals surface area contributed by atoms with E-state index in [0.29, 0.717) is 6.54 Å². The van der Waals surface area contributed by atoms with E-state index in [1.165, 1.54) is 6.92 Å². The van der Waals surface area contributed by atoms with Crippen molar-refractivity contribution in [3.8, 4) is 0 Å². The maximum Gasteiger partial charge on any atom is 0.314 e. The summed E-state index contributed by atoms with van der Waals surface area (Å²) >= 11 is 0. The van der Waals surface area contributed by atoms with Gasteiger partial charge < -0.3 is 9.64 Å². The van der Waals surface area contributed by atoms with Crippen LogP contribution in [0.3, 0.4) is 0 Å². The largest absolute Gasteiger partial charge is 0.393 e. The molecule has 0 N–H and O–H groups in total. The van der Waals surface area contributed by atoms with Crippen LogP contribution in [-0.2, 0) is 14.3 Å². The van der Waals surface area contributed by atoms with Gasteiger partial charge in [-0.2, -0.15) is 0 Å². The minimum Gasteiger partial charge on any atom is -0.393 e. The van der Waals surface area contributed by atoms with Crippen molar-refractivity contribution in [2.75, 3.05) is 19.6 Å². The Kier molecular flexibility index (Phi) is 6.14. The highest BCUT2D eigenvalue weighted by molar-refractivity contribution is 5.84. The standard InChI is InChI=1S/C9H17NO3/c1-4-10(5-2)7-6-9(12)13-8(3)11/h4-7H2,1-3H3. The van der Waals surface area contributed by atoms with Gasteiger partial charge in [-0.05, 0) is 13.1 Å². The van der Waals surface area contributed by atoms with Crippen LogP contribution in [-0.4, -0.2) is 36.5 Å². The SMILES string of the molecule is CCN(CC)CCC(=O)OC(C)=O. The molecular weight excluding hydrogens is 170 g/mol. The fraction of sp³-hybridized carbons (Fsp3) is 0.778. The summed E-state index contributed by atoms with van der Waals surface area (Å²) < 4.78 is 4.39. The molecule has 0 aromatic carbocycles. The van der Waals surface area contributed by atoms with E-state index in [0.717, 1.165) is 13.1 Å². The molecule has 4 heteroatoms. The van der Waals surface area contributed by atoms with Crippen LogP contribution >= 0.6 is 0 Å². The number of nitrogens with zero attached hydrogens (tertiary/aromatic N) is 1. The Morgan fingerprint density at radius 1 is 1.23 bits per heavy atom. The summed E-state index contributed by atoms with van der Waals surface area (Å²) in [5.41, 5.74) is 0. The van der Waals surface area contributed by atoms with Gasteiger partial charge in [0.1, 0.15) is 0 Å². The zero-order valence-electron chi connectivity index (χ0n) is 8.50. The van der Waals surface area contributed by atoms with Gasteiger partial charge in [0.05, 0.1) is 6.42 Å². The fourth-order valence-electron chi connectivity index (χ4n) is 1.00. The Hall–Kier alpha value is -0.900. The predicted octanol–water partition coefficient (Wildman–Crippen LogP) is 0.808. The third-order valence-electron chi connectivity index (χ3n) is 1.78. The van der Waals surface area contributed by atoms with E-state index < -0.39 is 11.9 Å². The highest BCUT2D eigenvalue weighted by atomic mass is 16.6. The van der Waals surface area contributed by atoms with E-state index in [-0.39, 0.29) is 6.42 Å². The van der Waals surface area contributed by atoms with Gasteiger partial charge in [-0.1, -0.05) is 13.8 Å². The van der Waals surface area contributed by atoms with Gasteiger partial charge in [0.2, 0.25) is 0 Å². The van der Waals surface area contributed by atoms with E-state index in [9.17, 15) is 9.59 Å². The van der Waals surface area contributed by atoms with E-state index in [2.05, 4.69) is 9.64 Å². The van der Waals surface area contributed by atoms with Gasteiger partial charge in [0.15, 0.2) is 0 Å². The quantitative estimate of drug-likeness (QED) is 0.472. The molecule has 4 nitrogen and oxygen atoms in total. The van der Waals surface area contributed by atoms with Crippen LogP contribution in [0.5, 0.6) is 0 Å². The molecule has 0 spiro atoms. The molecule has 0 aliphatic rings. The van der Waals surface area contributed by atoms with Crippen molar-refractivity contribution in [1.29, 1.82) is 0 Å². The average molecular weight is 187 g/mol. The monoisotopic (exact) mass is 187 g/mol. The predicted molar refractivity (Wildman–Crippen MR) is 49.2 cm³/mol. The second-order valence-electron chi connectivity index (χ2n) is 2.74. The maximum atomic E-state index is 10.9. The fourth-order valence-corrected chi connectivity index (χ4v) is 1.00. The molecule has 0 atom stereocenters. The maximum absolute atomic E-state index is 10.9. The normalized spacial score (nSPS) is 10.2. The Balaban J connectivity index is 3.62. The number of carbonyl (C=O) groups is 2. The minimum atomic E-state index is -0.537. The molecule has 0 saturated heterocycles. The number of hydrogen-bond donors (Lipinski definition) is 0. The van der Waals surface area contributed by atoms with Crippen molar-refractivity contribution in [2.24, 2.45) is 0 Å². The summed E-state index contributed by atoms with van der Waals surface area (Å²) in [5, 5.41) is 0. The molecular formula is C9H17NO3. The highest BCUT2D eigenvalue weighted by Gasteiger charge is 2.07. The summed E-state index contributed by atoms with van der Waals surface area (Å²) in [5.74, 6) is -0.982. The number of esters is 2. The van der Waals surface area contributed by atoms with Crippen molar-refractivity contribution in [3.05, 3.63) is 0 Å². The molecule has 76 valence electrons. The topological polar surface area (TPSA) is 46.6 Å². The first-order chi connectivity index (χ1) is 6.10. The molecule has 0 aromatic rings. The van der Waals surface area contributed by atoms with Crippen LogP contribution in [0.25, 0.3) is 0 Å². The molecule has 0 aromatic heterocycles. The third-order valence-corrected chi connectivity index (χ3v) is 1.78. The average Bonchev–Trinajstić information content (AvgIpc) is 2.05. The van der Waals surface area contributed by atoms with Crippen LogP contribution in [0.4, 0.5) is 0 Å². The molecule has 0 fully saturated rings. The van der Waals surface area contributed by atoms with Crippen molar-refractivity contribution in [2.45, 2.75) is 27.2 Å². The molecule has 0 radical (unpaired) electrons. The lowest BCUT2D eigenvalue weighted by Gasteiger charge is -2.16. The van der Waals surface area contributed by atoms with Crippen LogP contribution in [0.1, 0.15) is 27.2 Å². The molecule has 0 aliphatic heterocycles. The van der Waals surface area contributed by atoms with E-state index in [1.54, 1.807) is 0 Å². The summed E-state index contributed by atoms with van der Waals surface area (Å²) in [6.07, 6.45) is 0.279. The van der Waals surface area contributed by atoms with Crippen LogP contribution in [0, 0.1) is 0 Å². The molecule has 0 unspecified atom stereocenters. The lowest BCUT2D eigenvalue weighted by Crippen LogP contribution is -2.26. The number of carbonyl (C=O) groups excluding carboxylic acids is 2. The first kappa shape index (κ1) is 12.1. The Bertz CT molecular complexity index is 176. The number of ether oxygens (including phenoxy) is 1. The van der Waals surface area contributed by atoms with Gasteiger partial charge in [-0.3, -0.25) is 9.59 Å². The van der Waals surface area contributed by atoms with Crippen molar-refractivity contribution in [3.63, 3.8) is 0 Å². The van der Waals surface area contributed by atoms with Gasteiger partial charge in [-0.25, -0.2) is 0 Å². The van der Waals surface area contributed by atoms with Crippen molar-refractivity contribution in [1.82, 2.24) is 4.90 Å². The molecule has 13 heavy (non-hydrogen) atoms. The molecule has 0 rings (SSSR count). The van der Waals surface area contributed by atoms with Gasteiger partial charge >= 0.3 is 11.9 Å². The highest BCUT2D eigenvalue weighted by Crippen LogP contribution is 1.93. The van der Waals surface area contributed by atoms with Gasteiger partial charge in [0.25, 0.3) is 0 Å². The Labute approximate surface area is 78.9 Å². The molecule has 0 heterocycles. The second kappa shape index (κ2) is 6.60. The molecule has 0 saturated carbocycles. The van der Waals surface area contributed by atoms with Crippen molar-refractivity contribution < 1.29 is 14.3 Å². The Morgan fingerprint density at radius 2 is 1.77 bits per heavy atom. The molecule has 0 aliphatic carbocycles. The smallest absolute Gasteiger partial charge is 0.314 e. The van der Waals surface area contributed by atoms with E-state index in [4.69, 9.17) is 0 Å². The van der Waals surface area contributed by atoms with Gasteiger partial charge in [-0.15, -0.1) is 0 Å². The number of rotatable bonds is 5. The lowest BCUT2D eigenvalue weighted by molar-refractivity contribution is -0.158. The van der Waals surface area contributed by atoms with Gasteiger partial charge in [0, 0.05) is 13.5 Å². The lowest BCUT2D eigenvalue weighted by atomic mass is 10.4. The van der Waals surface area contributed by atoms with Crippen LogP contribution < -0.4 is 0 Å². The van der Waals surface area contributed by atoms with E-state index >= 15 is 0 Å². The summed E-state index contributed by atoms with van der Waals surface area (Å²) in [7, 11) is 0. The van der Waals surface area contributed by atoms with E-state index in [1.807, 2.05) is 13.8 Å². The summed E-state index contributed by atoms with van der Waals surface area (Å²) in [6.45, 7) is 7.75. The summed E-state index contributed by atoms with van der Waals surface area (Å²) in [6, 6.07) is 0. The molecule has 0 amide bonds. The Morgan fingerprint density at radius 3 is 2.15 bits per heavy atom. The number of hydrogen-bond acceptors (Lipinski definition) is 4. The van der Waals surface area contributed by atoms with Crippen LogP contribution in [0.2, 0.25) is 0 Å². The van der Waals surface area contributed by atoms with Crippen LogP contribution in [0.15, 0.2) is 0 Å².